The molecule has 2 atom stereocenters. The van der Waals surface area contributed by atoms with E-state index in [1.54, 1.807) is 36.3 Å². The van der Waals surface area contributed by atoms with Gasteiger partial charge in [-0.1, -0.05) is 42.0 Å². The molecular formula is C24H29N3O4. The Labute approximate surface area is 182 Å². The molecule has 0 radical (unpaired) electrons. The third kappa shape index (κ3) is 5.70. The van der Waals surface area contributed by atoms with Crippen LogP contribution in [0.2, 0.25) is 0 Å². The minimum Gasteiger partial charge on any atom is -0.383 e. The fourth-order valence-electron chi connectivity index (χ4n) is 3.67. The number of nitrogens with zero attached hydrogens (tertiary/aromatic N) is 1. The quantitative estimate of drug-likeness (QED) is 0.683. The Bertz CT molecular complexity index is 942. The summed E-state index contributed by atoms with van der Waals surface area (Å²) in [5.41, 5.74) is 2.97. The summed E-state index contributed by atoms with van der Waals surface area (Å²) in [6.07, 6.45) is 0.154. The zero-order valence-electron chi connectivity index (χ0n) is 18.2. The van der Waals surface area contributed by atoms with E-state index in [2.05, 4.69) is 10.6 Å². The van der Waals surface area contributed by atoms with Gasteiger partial charge in [0.15, 0.2) is 0 Å². The Balaban J connectivity index is 1.63. The number of hydrogen-bond acceptors (Lipinski definition) is 4. The van der Waals surface area contributed by atoms with E-state index in [1.165, 1.54) is 0 Å². The number of carbonyl (C=O) groups is 3. The van der Waals surface area contributed by atoms with Gasteiger partial charge in [-0.25, -0.2) is 0 Å². The molecule has 0 bridgehead atoms. The summed E-state index contributed by atoms with van der Waals surface area (Å²) in [7, 11) is 1.59. The summed E-state index contributed by atoms with van der Waals surface area (Å²) in [6, 6.07) is 14.7. The molecule has 1 heterocycles. The third-order valence-corrected chi connectivity index (χ3v) is 5.47. The maximum Gasteiger partial charge on any atom is 0.253 e. The first-order valence-electron chi connectivity index (χ1n) is 10.4. The number of ether oxygens (including phenoxy) is 1. The van der Waals surface area contributed by atoms with E-state index in [0.717, 1.165) is 11.1 Å². The molecule has 3 rings (SSSR count). The first-order chi connectivity index (χ1) is 14.9. The van der Waals surface area contributed by atoms with Crippen molar-refractivity contribution in [2.45, 2.75) is 32.9 Å². The van der Waals surface area contributed by atoms with E-state index in [9.17, 15) is 14.4 Å². The molecule has 0 aliphatic carbocycles. The first-order valence-corrected chi connectivity index (χ1v) is 10.4. The summed E-state index contributed by atoms with van der Waals surface area (Å²) in [5, 5.41) is 5.74. The van der Waals surface area contributed by atoms with Gasteiger partial charge in [0.05, 0.1) is 29.8 Å². The highest BCUT2D eigenvalue weighted by Crippen LogP contribution is 2.23. The lowest BCUT2D eigenvalue weighted by Crippen LogP contribution is -2.38. The van der Waals surface area contributed by atoms with Gasteiger partial charge in [-0.05, 0) is 31.5 Å². The van der Waals surface area contributed by atoms with E-state index in [0.29, 0.717) is 30.9 Å². The Hall–Kier alpha value is -3.19. The van der Waals surface area contributed by atoms with Crippen LogP contribution >= 0.6 is 0 Å². The number of rotatable bonds is 8. The number of anilines is 1. The number of aryl methyl sites for hydroxylation is 1. The van der Waals surface area contributed by atoms with Crippen LogP contribution in [0.4, 0.5) is 5.69 Å². The van der Waals surface area contributed by atoms with Crippen LogP contribution in [0.3, 0.4) is 0 Å². The standard InChI is InChI=1S/C24H29N3O4/c1-16-8-10-18(11-9-16)13-25-24(30)20-6-4-5-7-21(20)26-23(29)19-12-22(28)27(14-19)17(2)15-31-3/h4-11,17,19H,12-15H2,1-3H3,(H,25,30)(H,26,29)/t17-,19+/m0/s1. The van der Waals surface area contributed by atoms with Gasteiger partial charge in [-0.3, -0.25) is 14.4 Å². The van der Waals surface area contributed by atoms with Gasteiger partial charge in [0, 0.05) is 26.6 Å². The Morgan fingerprint density at radius 3 is 2.58 bits per heavy atom. The van der Waals surface area contributed by atoms with E-state index in [-0.39, 0.29) is 30.2 Å². The van der Waals surface area contributed by atoms with Gasteiger partial charge in [0.1, 0.15) is 0 Å². The van der Waals surface area contributed by atoms with E-state index < -0.39 is 5.92 Å². The average Bonchev–Trinajstić information content (AvgIpc) is 3.15. The molecule has 0 aromatic heterocycles. The number of nitrogens with one attached hydrogen (secondary N) is 2. The van der Waals surface area contributed by atoms with Gasteiger partial charge < -0.3 is 20.3 Å². The Kier molecular flexibility index (Phi) is 7.41. The lowest BCUT2D eigenvalue weighted by atomic mass is 10.1. The topological polar surface area (TPSA) is 87.7 Å². The molecule has 1 fully saturated rings. The highest BCUT2D eigenvalue weighted by atomic mass is 16.5. The van der Waals surface area contributed by atoms with Crippen LogP contribution in [0, 0.1) is 12.8 Å². The Morgan fingerprint density at radius 2 is 1.87 bits per heavy atom. The molecule has 31 heavy (non-hydrogen) atoms. The fourth-order valence-corrected chi connectivity index (χ4v) is 3.67. The largest absolute Gasteiger partial charge is 0.383 e. The normalized spacial score (nSPS) is 16.8. The van der Waals surface area contributed by atoms with Crippen LogP contribution in [-0.2, 0) is 20.9 Å². The summed E-state index contributed by atoms with van der Waals surface area (Å²) in [5.74, 6) is -1.06. The van der Waals surface area contributed by atoms with Crippen molar-refractivity contribution in [2.75, 3.05) is 25.6 Å². The molecule has 164 valence electrons. The number of para-hydroxylation sites is 1. The second-order valence-electron chi connectivity index (χ2n) is 7.95. The highest BCUT2D eigenvalue weighted by molar-refractivity contribution is 6.05. The van der Waals surface area contributed by atoms with Crippen molar-refractivity contribution < 1.29 is 19.1 Å². The van der Waals surface area contributed by atoms with Crippen LogP contribution in [0.15, 0.2) is 48.5 Å². The molecule has 7 nitrogen and oxygen atoms in total. The number of carbonyl (C=O) groups excluding carboxylic acids is 3. The minimum atomic E-state index is -0.463. The first kappa shape index (κ1) is 22.5. The van der Waals surface area contributed by atoms with Crippen molar-refractivity contribution in [3.8, 4) is 0 Å². The molecule has 0 saturated carbocycles. The number of amides is 3. The van der Waals surface area contributed by atoms with Crippen molar-refractivity contribution in [3.63, 3.8) is 0 Å². The molecule has 1 aliphatic heterocycles. The van der Waals surface area contributed by atoms with Gasteiger partial charge in [0.25, 0.3) is 5.91 Å². The molecule has 3 amide bonds. The van der Waals surface area contributed by atoms with Crippen molar-refractivity contribution in [1.82, 2.24) is 10.2 Å². The Morgan fingerprint density at radius 1 is 1.16 bits per heavy atom. The number of benzene rings is 2. The SMILES string of the molecule is COC[C@H](C)N1C[C@H](C(=O)Nc2ccccc2C(=O)NCc2ccc(C)cc2)CC1=O. The van der Waals surface area contributed by atoms with E-state index >= 15 is 0 Å². The predicted octanol–water partition coefficient (Wildman–Crippen LogP) is 2.75. The van der Waals surface area contributed by atoms with Crippen LogP contribution in [0.5, 0.6) is 0 Å². The average molecular weight is 424 g/mol. The van der Waals surface area contributed by atoms with Crippen LogP contribution in [-0.4, -0.2) is 48.9 Å². The summed E-state index contributed by atoms with van der Waals surface area (Å²) in [4.78, 5) is 39.5. The lowest BCUT2D eigenvalue weighted by Gasteiger charge is -2.24. The highest BCUT2D eigenvalue weighted by Gasteiger charge is 2.36. The van der Waals surface area contributed by atoms with Crippen molar-refractivity contribution in [1.29, 1.82) is 0 Å². The molecule has 2 N–H and O–H groups in total. The maximum atomic E-state index is 12.8. The molecule has 2 aromatic rings. The second kappa shape index (κ2) is 10.2. The molecule has 0 spiro atoms. The fraction of sp³-hybridized carbons (Fsp3) is 0.375. The van der Waals surface area contributed by atoms with Crippen LogP contribution < -0.4 is 10.6 Å². The number of hydrogen-bond donors (Lipinski definition) is 2. The van der Waals surface area contributed by atoms with Crippen molar-refractivity contribution >= 4 is 23.4 Å². The van der Waals surface area contributed by atoms with Gasteiger partial charge in [-0.2, -0.15) is 0 Å². The van der Waals surface area contributed by atoms with Crippen LogP contribution in [0.25, 0.3) is 0 Å². The van der Waals surface area contributed by atoms with Gasteiger partial charge >= 0.3 is 0 Å². The zero-order chi connectivity index (χ0) is 22.4. The molecule has 7 heteroatoms. The predicted molar refractivity (Wildman–Crippen MR) is 119 cm³/mol. The van der Waals surface area contributed by atoms with E-state index in [1.807, 2.05) is 38.1 Å². The second-order valence-corrected chi connectivity index (χ2v) is 7.95. The van der Waals surface area contributed by atoms with Gasteiger partial charge in [0.2, 0.25) is 11.8 Å². The molecule has 0 unspecified atom stereocenters. The van der Waals surface area contributed by atoms with Crippen molar-refractivity contribution in [3.05, 3.63) is 65.2 Å². The molecule has 1 saturated heterocycles. The zero-order valence-corrected chi connectivity index (χ0v) is 18.2. The molecule has 1 aliphatic rings. The smallest absolute Gasteiger partial charge is 0.253 e. The molecule has 2 aromatic carbocycles. The van der Waals surface area contributed by atoms with E-state index in [4.69, 9.17) is 4.74 Å². The lowest BCUT2D eigenvalue weighted by molar-refractivity contribution is -0.130. The third-order valence-electron chi connectivity index (χ3n) is 5.47. The van der Waals surface area contributed by atoms with Gasteiger partial charge in [-0.15, -0.1) is 0 Å². The maximum absolute atomic E-state index is 12.8. The molecular weight excluding hydrogens is 394 g/mol. The number of likely N-dealkylation sites (tertiary alicyclic amines) is 1. The van der Waals surface area contributed by atoms with Crippen molar-refractivity contribution in [2.24, 2.45) is 5.92 Å². The number of methoxy groups -OCH3 is 1. The summed E-state index contributed by atoms with van der Waals surface area (Å²) < 4.78 is 5.12. The monoisotopic (exact) mass is 423 g/mol. The minimum absolute atomic E-state index is 0.0613. The summed E-state index contributed by atoms with van der Waals surface area (Å²) >= 11 is 0. The van der Waals surface area contributed by atoms with Crippen LogP contribution in [0.1, 0.15) is 34.8 Å². The summed E-state index contributed by atoms with van der Waals surface area (Å²) in [6.45, 7) is 5.07.